The average Bonchev–Trinajstić information content (AvgIpc) is 2.86. The number of nitrogens with zero attached hydrogens (tertiary/aromatic N) is 4. The first-order chi connectivity index (χ1) is 11.2. The predicted molar refractivity (Wildman–Crippen MR) is 92.9 cm³/mol. The van der Waals surface area contributed by atoms with Crippen LogP contribution in [-0.4, -0.2) is 53.0 Å². The Balaban J connectivity index is 1.47. The van der Waals surface area contributed by atoms with Crippen LogP contribution in [0.1, 0.15) is 31.5 Å². The second-order valence-corrected chi connectivity index (χ2v) is 7.02. The van der Waals surface area contributed by atoms with E-state index >= 15 is 0 Å². The minimum Gasteiger partial charge on any atom is -0.345 e. The molecule has 1 fully saturated rings. The highest BCUT2D eigenvalue weighted by Crippen LogP contribution is 2.19. The molecule has 2 heterocycles. The number of nitrogens with one attached hydrogen (secondary N) is 1. The van der Waals surface area contributed by atoms with Crippen LogP contribution in [0.5, 0.6) is 0 Å². The number of urea groups is 1. The second kappa shape index (κ2) is 7.77. The largest absolute Gasteiger partial charge is 0.345 e. The highest BCUT2D eigenvalue weighted by atomic mass is 32.1. The van der Waals surface area contributed by atoms with Crippen LogP contribution in [0.15, 0.2) is 12.2 Å². The van der Waals surface area contributed by atoms with Gasteiger partial charge < -0.3 is 15.1 Å². The lowest BCUT2D eigenvalue weighted by Crippen LogP contribution is -2.43. The maximum atomic E-state index is 12.4. The lowest BCUT2D eigenvalue weighted by molar-refractivity contribution is 0.199. The van der Waals surface area contributed by atoms with E-state index in [9.17, 15) is 4.79 Å². The molecule has 1 aromatic rings. The molecule has 0 radical (unpaired) electrons. The SMILES string of the molecule is Cc1nsc(N2CCCN(C(=O)NC[C@H]3CC=CCC3)CC2)n1. The van der Waals surface area contributed by atoms with Crippen molar-refractivity contribution in [1.29, 1.82) is 0 Å². The second-order valence-electron chi connectivity index (χ2n) is 6.29. The molecule has 23 heavy (non-hydrogen) atoms. The van der Waals surface area contributed by atoms with Crippen LogP contribution >= 0.6 is 11.5 Å². The van der Waals surface area contributed by atoms with Gasteiger partial charge in [0.2, 0.25) is 5.13 Å². The fraction of sp³-hybridized carbons (Fsp3) is 0.688. The maximum absolute atomic E-state index is 12.4. The van der Waals surface area contributed by atoms with E-state index in [0.29, 0.717) is 5.92 Å². The van der Waals surface area contributed by atoms with E-state index in [4.69, 9.17) is 0 Å². The third-order valence-electron chi connectivity index (χ3n) is 4.49. The molecule has 0 unspecified atom stereocenters. The van der Waals surface area contributed by atoms with Gasteiger partial charge in [-0.15, -0.1) is 0 Å². The van der Waals surface area contributed by atoms with Crippen molar-refractivity contribution in [3.05, 3.63) is 18.0 Å². The molecule has 2 amide bonds. The highest BCUT2D eigenvalue weighted by molar-refractivity contribution is 7.09. The predicted octanol–water partition coefficient (Wildman–Crippen LogP) is 2.42. The first-order valence-electron chi connectivity index (χ1n) is 8.45. The molecule has 1 aliphatic carbocycles. The molecule has 0 spiro atoms. The molecule has 1 atom stereocenters. The molecule has 1 saturated heterocycles. The maximum Gasteiger partial charge on any atom is 0.317 e. The molecular formula is C16H25N5OS. The molecule has 1 aliphatic heterocycles. The van der Waals surface area contributed by atoms with Crippen molar-refractivity contribution >= 4 is 22.7 Å². The molecule has 0 aromatic carbocycles. The molecule has 0 saturated carbocycles. The first-order valence-corrected chi connectivity index (χ1v) is 9.23. The van der Waals surface area contributed by atoms with Crippen molar-refractivity contribution in [1.82, 2.24) is 19.6 Å². The summed E-state index contributed by atoms with van der Waals surface area (Å²) in [5.74, 6) is 1.42. The Labute approximate surface area is 141 Å². The number of amides is 2. The summed E-state index contributed by atoms with van der Waals surface area (Å²) in [6, 6.07) is 0.0786. The van der Waals surface area contributed by atoms with Gasteiger partial charge in [-0.1, -0.05) is 12.2 Å². The zero-order valence-corrected chi connectivity index (χ0v) is 14.5. The highest BCUT2D eigenvalue weighted by Gasteiger charge is 2.21. The molecular weight excluding hydrogens is 310 g/mol. The van der Waals surface area contributed by atoms with Crippen LogP contribution in [0.3, 0.4) is 0 Å². The Morgan fingerprint density at radius 1 is 1.35 bits per heavy atom. The number of allylic oxidation sites excluding steroid dienone is 2. The van der Waals surface area contributed by atoms with Gasteiger partial charge in [0.15, 0.2) is 0 Å². The van der Waals surface area contributed by atoms with Crippen molar-refractivity contribution in [2.75, 3.05) is 37.6 Å². The summed E-state index contributed by atoms with van der Waals surface area (Å²) in [5, 5.41) is 4.09. The summed E-state index contributed by atoms with van der Waals surface area (Å²) in [7, 11) is 0. The minimum atomic E-state index is 0.0786. The van der Waals surface area contributed by atoms with Gasteiger partial charge in [0.25, 0.3) is 0 Å². The fourth-order valence-electron chi connectivity index (χ4n) is 3.11. The van der Waals surface area contributed by atoms with Crippen LogP contribution < -0.4 is 10.2 Å². The number of aryl methyl sites for hydroxylation is 1. The van der Waals surface area contributed by atoms with Crippen molar-refractivity contribution in [3.63, 3.8) is 0 Å². The molecule has 7 heteroatoms. The number of hydrogen-bond acceptors (Lipinski definition) is 5. The van der Waals surface area contributed by atoms with E-state index in [1.165, 1.54) is 18.0 Å². The van der Waals surface area contributed by atoms with Crippen molar-refractivity contribution < 1.29 is 4.79 Å². The number of carbonyl (C=O) groups excluding carboxylic acids is 1. The molecule has 6 nitrogen and oxygen atoms in total. The van der Waals surface area contributed by atoms with Gasteiger partial charge in [-0.2, -0.15) is 4.37 Å². The lowest BCUT2D eigenvalue weighted by Gasteiger charge is -2.24. The van der Waals surface area contributed by atoms with Gasteiger partial charge in [-0.05, 0) is 38.5 Å². The first kappa shape index (κ1) is 16.2. The third-order valence-corrected chi connectivity index (χ3v) is 5.36. The normalized spacial score (nSPS) is 22.0. The van der Waals surface area contributed by atoms with E-state index < -0.39 is 0 Å². The van der Waals surface area contributed by atoms with E-state index in [0.717, 1.165) is 62.9 Å². The van der Waals surface area contributed by atoms with Crippen molar-refractivity contribution in [2.24, 2.45) is 5.92 Å². The zero-order valence-electron chi connectivity index (χ0n) is 13.7. The van der Waals surface area contributed by atoms with E-state index in [1.54, 1.807) is 0 Å². The smallest absolute Gasteiger partial charge is 0.317 e. The number of aromatic nitrogens is 2. The molecule has 3 rings (SSSR count). The van der Waals surface area contributed by atoms with Gasteiger partial charge in [0.1, 0.15) is 5.82 Å². The Morgan fingerprint density at radius 2 is 2.26 bits per heavy atom. The topological polar surface area (TPSA) is 61.4 Å². The van der Waals surface area contributed by atoms with Crippen LogP contribution in [0.2, 0.25) is 0 Å². The Kier molecular flexibility index (Phi) is 5.48. The lowest BCUT2D eigenvalue weighted by atomic mass is 9.94. The van der Waals surface area contributed by atoms with Crippen LogP contribution in [-0.2, 0) is 0 Å². The van der Waals surface area contributed by atoms with Gasteiger partial charge in [0.05, 0.1) is 0 Å². The summed E-state index contributed by atoms with van der Waals surface area (Å²) in [6.07, 6.45) is 8.84. The summed E-state index contributed by atoms with van der Waals surface area (Å²) in [4.78, 5) is 21.0. The summed E-state index contributed by atoms with van der Waals surface area (Å²) >= 11 is 1.44. The molecule has 1 N–H and O–H groups in total. The number of carbonyl (C=O) groups is 1. The minimum absolute atomic E-state index is 0.0786. The van der Waals surface area contributed by atoms with Crippen LogP contribution in [0.25, 0.3) is 0 Å². The number of anilines is 1. The number of rotatable bonds is 3. The standard InChI is InChI=1S/C16H25N5OS/c1-13-18-16(23-19-13)21-9-5-8-20(10-11-21)15(22)17-12-14-6-3-2-4-7-14/h2-3,14H,4-12H2,1H3,(H,17,22)/t14-/m0/s1. The molecule has 126 valence electrons. The van der Waals surface area contributed by atoms with E-state index in [-0.39, 0.29) is 6.03 Å². The zero-order chi connectivity index (χ0) is 16.1. The quantitative estimate of drug-likeness (QED) is 0.862. The third kappa shape index (κ3) is 4.43. The van der Waals surface area contributed by atoms with Gasteiger partial charge in [-0.3, -0.25) is 0 Å². The van der Waals surface area contributed by atoms with E-state index in [2.05, 4.69) is 31.7 Å². The monoisotopic (exact) mass is 335 g/mol. The Morgan fingerprint density at radius 3 is 3.00 bits per heavy atom. The summed E-state index contributed by atoms with van der Waals surface area (Å²) < 4.78 is 4.25. The van der Waals surface area contributed by atoms with Gasteiger partial charge >= 0.3 is 6.03 Å². The summed E-state index contributed by atoms with van der Waals surface area (Å²) in [5.41, 5.74) is 0. The van der Waals surface area contributed by atoms with Gasteiger partial charge in [-0.25, -0.2) is 9.78 Å². The molecule has 1 aromatic heterocycles. The van der Waals surface area contributed by atoms with E-state index in [1.807, 2.05) is 11.8 Å². The van der Waals surface area contributed by atoms with Gasteiger partial charge in [0, 0.05) is 44.3 Å². The van der Waals surface area contributed by atoms with Crippen LogP contribution in [0.4, 0.5) is 9.93 Å². The molecule has 2 aliphatic rings. The summed E-state index contributed by atoms with van der Waals surface area (Å²) in [6.45, 7) is 6.02. The average molecular weight is 335 g/mol. The van der Waals surface area contributed by atoms with Crippen LogP contribution in [0, 0.1) is 12.8 Å². The van der Waals surface area contributed by atoms with Crippen molar-refractivity contribution in [3.8, 4) is 0 Å². The fourth-order valence-corrected chi connectivity index (χ4v) is 3.84. The molecule has 0 bridgehead atoms. The van der Waals surface area contributed by atoms with Crippen molar-refractivity contribution in [2.45, 2.75) is 32.6 Å². The Bertz CT molecular complexity index is 558. The number of hydrogen-bond donors (Lipinski definition) is 1. The Hall–Kier alpha value is -1.63.